The topological polar surface area (TPSA) is 31.4 Å². The summed E-state index contributed by atoms with van der Waals surface area (Å²) in [6.07, 6.45) is 0. The lowest BCUT2D eigenvalue weighted by Crippen LogP contribution is -1.96. The van der Waals surface area contributed by atoms with Gasteiger partial charge in [0.1, 0.15) is 18.1 Å². The molecule has 2 aromatic rings. The number of hydrogen-bond donors (Lipinski definition) is 0. The van der Waals surface area contributed by atoms with Gasteiger partial charge in [0, 0.05) is 5.38 Å². The Bertz CT molecular complexity index is 513. The summed E-state index contributed by atoms with van der Waals surface area (Å²) in [7, 11) is 1.64. The van der Waals surface area contributed by atoms with E-state index in [2.05, 4.69) is 20.9 Å². The number of ether oxygens (including phenoxy) is 2. The number of halogens is 1. The third kappa shape index (κ3) is 3.20. The molecule has 0 saturated carbocycles. The van der Waals surface area contributed by atoms with E-state index in [-0.39, 0.29) is 0 Å². The first-order chi connectivity index (χ1) is 8.19. The van der Waals surface area contributed by atoms with E-state index in [1.54, 1.807) is 18.4 Å². The van der Waals surface area contributed by atoms with Gasteiger partial charge in [-0.1, -0.05) is 0 Å². The Kier molecular flexibility index (Phi) is 4.02. The summed E-state index contributed by atoms with van der Waals surface area (Å²) in [6, 6.07) is 5.62. The summed E-state index contributed by atoms with van der Waals surface area (Å²) < 4.78 is 11.7. The van der Waals surface area contributed by atoms with E-state index < -0.39 is 0 Å². The summed E-state index contributed by atoms with van der Waals surface area (Å²) >= 11 is 5.07. The molecule has 0 unspecified atom stereocenters. The lowest BCUT2D eigenvalue weighted by atomic mass is 10.3. The molecule has 1 aromatic carbocycles. The van der Waals surface area contributed by atoms with Crippen molar-refractivity contribution in [3.05, 3.63) is 38.8 Å². The maximum absolute atomic E-state index is 5.68. The molecule has 17 heavy (non-hydrogen) atoms. The van der Waals surface area contributed by atoms with Gasteiger partial charge < -0.3 is 9.47 Å². The van der Waals surface area contributed by atoms with Crippen molar-refractivity contribution in [2.45, 2.75) is 13.5 Å². The number of methoxy groups -OCH3 is 1. The van der Waals surface area contributed by atoms with Crippen LogP contribution in [0.25, 0.3) is 0 Å². The number of benzene rings is 1. The van der Waals surface area contributed by atoms with E-state index in [1.165, 1.54) is 0 Å². The van der Waals surface area contributed by atoms with E-state index in [4.69, 9.17) is 9.47 Å². The van der Waals surface area contributed by atoms with Crippen molar-refractivity contribution in [2.24, 2.45) is 0 Å². The highest BCUT2D eigenvalue weighted by atomic mass is 79.9. The van der Waals surface area contributed by atoms with Crippen LogP contribution in [0.3, 0.4) is 0 Å². The number of aryl methyl sites for hydroxylation is 1. The minimum absolute atomic E-state index is 0.481. The molecule has 90 valence electrons. The van der Waals surface area contributed by atoms with Gasteiger partial charge in [0.05, 0.1) is 22.3 Å². The van der Waals surface area contributed by atoms with E-state index in [0.29, 0.717) is 6.61 Å². The van der Waals surface area contributed by atoms with Crippen LogP contribution in [-0.4, -0.2) is 12.1 Å². The molecule has 5 heteroatoms. The van der Waals surface area contributed by atoms with Crippen LogP contribution >= 0.6 is 27.3 Å². The van der Waals surface area contributed by atoms with E-state index in [9.17, 15) is 0 Å². The van der Waals surface area contributed by atoms with Crippen LogP contribution in [0.5, 0.6) is 11.5 Å². The first kappa shape index (κ1) is 12.4. The molecule has 0 aliphatic heterocycles. The molecule has 0 saturated heterocycles. The normalized spacial score (nSPS) is 10.3. The molecule has 3 nitrogen and oxygen atoms in total. The molecule has 0 fully saturated rings. The van der Waals surface area contributed by atoms with Gasteiger partial charge >= 0.3 is 0 Å². The molecule has 0 spiro atoms. The molecule has 0 aliphatic rings. The highest BCUT2D eigenvalue weighted by Gasteiger charge is 2.04. The van der Waals surface area contributed by atoms with Crippen molar-refractivity contribution in [2.75, 3.05) is 7.11 Å². The average Bonchev–Trinajstić information content (AvgIpc) is 2.73. The number of hydrogen-bond acceptors (Lipinski definition) is 4. The zero-order valence-electron chi connectivity index (χ0n) is 9.57. The van der Waals surface area contributed by atoms with Crippen molar-refractivity contribution in [1.29, 1.82) is 0 Å². The largest absolute Gasteiger partial charge is 0.497 e. The second kappa shape index (κ2) is 5.51. The molecule has 0 bridgehead atoms. The van der Waals surface area contributed by atoms with Crippen molar-refractivity contribution < 1.29 is 9.47 Å². The fourth-order valence-corrected chi connectivity index (χ4v) is 2.42. The second-order valence-electron chi connectivity index (χ2n) is 3.44. The standard InChI is InChI=1S/C12H12BrNO2S/c1-8-14-9(7-17-8)6-16-12-4-3-10(15-2)5-11(12)13/h3-5,7H,6H2,1-2H3. The van der Waals surface area contributed by atoms with E-state index >= 15 is 0 Å². The van der Waals surface area contributed by atoms with Crippen molar-refractivity contribution in [3.63, 3.8) is 0 Å². The lowest BCUT2D eigenvalue weighted by Gasteiger charge is -2.08. The van der Waals surface area contributed by atoms with Gasteiger partial charge in [0.2, 0.25) is 0 Å². The number of nitrogens with zero attached hydrogens (tertiary/aromatic N) is 1. The minimum Gasteiger partial charge on any atom is -0.497 e. The predicted molar refractivity (Wildman–Crippen MR) is 71.9 cm³/mol. The average molecular weight is 314 g/mol. The number of aromatic nitrogens is 1. The van der Waals surface area contributed by atoms with Crippen LogP contribution in [0.1, 0.15) is 10.7 Å². The third-order valence-electron chi connectivity index (χ3n) is 2.18. The summed E-state index contributed by atoms with van der Waals surface area (Å²) in [6.45, 7) is 2.47. The van der Waals surface area contributed by atoms with Gasteiger partial charge in [-0.25, -0.2) is 4.98 Å². The van der Waals surface area contributed by atoms with Crippen LogP contribution < -0.4 is 9.47 Å². The maximum atomic E-state index is 5.68. The summed E-state index contributed by atoms with van der Waals surface area (Å²) in [5.74, 6) is 1.59. The Morgan fingerprint density at radius 1 is 1.41 bits per heavy atom. The molecule has 1 heterocycles. The Labute approximate surface area is 113 Å². The van der Waals surface area contributed by atoms with Crippen LogP contribution in [0.4, 0.5) is 0 Å². The molecular formula is C12H12BrNO2S. The molecule has 0 amide bonds. The quantitative estimate of drug-likeness (QED) is 0.860. The van der Waals surface area contributed by atoms with Crippen molar-refractivity contribution >= 4 is 27.3 Å². The van der Waals surface area contributed by atoms with Crippen molar-refractivity contribution in [1.82, 2.24) is 4.98 Å². The predicted octanol–water partition coefficient (Wildman–Crippen LogP) is 3.80. The first-order valence-corrected chi connectivity index (χ1v) is 6.73. The van der Waals surface area contributed by atoms with Gasteiger partial charge in [-0.2, -0.15) is 0 Å². The SMILES string of the molecule is COc1ccc(OCc2csc(C)n2)c(Br)c1. The monoisotopic (exact) mass is 313 g/mol. The van der Waals surface area contributed by atoms with Crippen molar-refractivity contribution in [3.8, 4) is 11.5 Å². The molecule has 0 N–H and O–H groups in total. The van der Waals surface area contributed by atoms with Crippen LogP contribution in [0, 0.1) is 6.92 Å². The molecule has 1 aromatic heterocycles. The summed E-state index contributed by atoms with van der Waals surface area (Å²) in [4.78, 5) is 4.34. The zero-order valence-corrected chi connectivity index (χ0v) is 12.0. The molecule has 0 aliphatic carbocycles. The lowest BCUT2D eigenvalue weighted by molar-refractivity contribution is 0.299. The molecule has 2 rings (SSSR count). The highest BCUT2D eigenvalue weighted by molar-refractivity contribution is 9.10. The van der Waals surface area contributed by atoms with Crippen LogP contribution in [-0.2, 0) is 6.61 Å². The van der Waals surface area contributed by atoms with Gasteiger partial charge in [0.25, 0.3) is 0 Å². The third-order valence-corrected chi connectivity index (χ3v) is 3.62. The zero-order chi connectivity index (χ0) is 12.3. The number of thiazole rings is 1. The molecular weight excluding hydrogens is 302 g/mol. The number of rotatable bonds is 4. The first-order valence-electron chi connectivity index (χ1n) is 5.06. The Hall–Kier alpha value is -1.07. The Balaban J connectivity index is 2.04. The highest BCUT2D eigenvalue weighted by Crippen LogP contribution is 2.29. The molecule has 0 radical (unpaired) electrons. The minimum atomic E-state index is 0.481. The maximum Gasteiger partial charge on any atom is 0.134 e. The molecule has 0 atom stereocenters. The second-order valence-corrected chi connectivity index (χ2v) is 5.36. The van der Waals surface area contributed by atoms with Gasteiger partial charge in [0.15, 0.2) is 0 Å². The van der Waals surface area contributed by atoms with Gasteiger partial charge in [-0.3, -0.25) is 0 Å². The van der Waals surface area contributed by atoms with E-state index in [1.807, 2.05) is 30.5 Å². The Morgan fingerprint density at radius 2 is 2.24 bits per heavy atom. The smallest absolute Gasteiger partial charge is 0.134 e. The fraction of sp³-hybridized carbons (Fsp3) is 0.250. The van der Waals surface area contributed by atoms with E-state index in [0.717, 1.165) is 26.7 Å². The van der Waals surface area contributed by atoms with Crippen LogP contribution in [0.2, 0.25) is 0 Å². The Morgan fingerprint density at radius 3 is 2.82 bits per heavy atom. The van der Waals surface area contributed by atoms with Gasteiger partial charge in [-0.15, -0.1) is 11.3 Å². The fourth-order valence-electron chi connectivity index (χ4n) is 1.35. The summed E-state index contributed by atoms with van der Waals surface area (Å²) in [5, 5.41) is 3.06. The summed E-state index contributed by atoms with van der Waals surface area (Å²) in [5.41, 5.74) is 0.954. The van der Waals surface area contributed by atoms with Crippen LogP contribution in [0.15, 0.2) is 28.1 Å². The van der Waals surface area contributed by atoms with Gasteiger partial charge in [-0.05, 0) is 41.1 Å².